The quantitative estimate of drug-likeness (QED) is 0.0196. The molecule has 1 aromatic heterocycles. The molecular weight excluding hydrogens is 937 g/mol. The van der Waals surface area contributed by atoms with Gasteiger partial charge in [0.2, 0.25) is 5.91 Å². The van der Waals surface area contributed by atoms with Crippen molar-refractivity contribution in [2.24, 2.45) is 47.0 Å². The smallest absolute Gasteiger partial charge is 0.221 e. The fourth-order valence-electron chi connectivity index (χ4n) is 7.79. The van der Waals surface area contributed by atoms with E-state index in [4.69, 9.17) is 22.2 Å². The van der Waals surface area contributed by atoms with Gasteiger partial charge in [0.25, 0.3) is 0 Å². The van der Waals surface area contributed by atoms with E-state index >= 15 is 0 Å². The maximum atomic E-state index is 12.3. The largest absolute Gasteiger partial charge is 0.411 e. The van der Waals surface area contributed by atoms with Gasteiger partial charge >= 0.3 is 0 Å². The van der Waals surface area contributed by atoms with Gasteiger partial charge in [-0.25, -0.2) is 0 Å². The standard InChI is InChI=1S/C20H37NO2.C18H25N5O2.C7H14O.C6H12O.C6H12.C4H10.C2H6/c1-6-15(3)19(17(5)22)14-12-10-8-9-11-13-16(4)18(7-2)20(21)23;1-3-4-5-18(22-11-19)21-10-12(2)15-9-17(24)14-7-6-13(25-20)8-16(14)23-15;1-3-4-5-6-7(2)8;1-3-4-5-6(2)7;1-6-4-2-3-5-6;1-3-4-2;1-2/h11,13,15-16,18-19H,6-10,12,14H2,1-5H3,(H2,21,23);5-10,21-22H,3-4,11,19-20H2,1-2H3,(H,23,24);3-6H2,1-2H3;3-5H2,1-2H3;6H,2-5H2,1H3;3-4H2,1-2H3;1-2H3/b13-11-;12-10+,18-5-;;;;;/t15?,16?,18?,19-;;;;;;/m1....../s1. The van der Waals surface area contributed by atoms with Crippen LogP contribution in [-0.4, -0.2) is 34.9 Å². The first kappa shape index (κ1) is 77.0. The third-order valence-corrected chi connectivity index (χ3v) is 13.0. The maximum absolute atomic E-state index is 12.3. The van der Waals surface area contributed by atoms with Crippen LogP contribution in [0.5, 0.6) is 5.75 Å². The summed E-state index contributed by atoms with van der Waals surface area (Å²) < 4.78 is 0. The molecule has 1 aromatic carbocycles. The Morgan fingerprint density at radius 1 is 0.760 bits per heavy atom. The summed E-state index contributed by atoms with van der Waals surface area (Å²) in [7, 11) is 0. The summed E-state index contributed by atoms with van der Waals surface area (Å²) in [5.41, 5.74) is 13.1. The number of fused-ring (bicyclic) bond motifs is 1. The molecule has 12 heteroatoms. The van der Waals surface area contributed by atoms with E-state index in [1.54, 1.807) is 45.0 Å². The number of hydrogen-bond acceptors (Lipinski definition) is 10. The highest BCUT2D eigenvalue weighted by Crippen LogP contribution is 2.24. The number of carbonyl (C=O) groups is 4. The van der Waals surface area contributed by atoms with Gasteiger partial charge in [0.15, 0.2) is 5.43 Å². The lowest BCUT2D eigenvalue weighted by Crippen LogP contribution is -2.28. The fourth-order valence-corrected chi connectivity index (χ4v) is 7.79. The van der Waals surface area contributed by atoms with Crippen LogP contribution in [0, 0.1) is 29.6 Å². The average molecular weight is 1050 g/mol. The number of unbranched alkanes of at least 4 members (excludes halogenated alkanes) is 8. The number of Topliss-reactive ketones (excluding diaryl/α,β-unsaturated/α-hetero) is 3. The van der Waals surface area contributed by atoms with E-state index in [2.05, 4.69) is 90.1 Å². The first-order valence-corrected chi connectivity index (χ1v) is 29.3. The Kier molecular flexibility index (Phi) is 54.3. The van der Waals surface area contributed by atoms with Crippen molar-refractivity contribution < 1.29 is 24.0 Å². The molecule has 1 amide bonds. The number of H-pyrrole nitrogens is 1. The Bertz CT molecular complexity index is 1880. The maximum Gasteiger partial charge on any atom is 0.221 e. The van der Waals surface area contributed by atoms with E-state index in [-0.39, 0.29) is 29.1 Å². The van der Waals surface area contributed by atoms with Crippen LogP contribution >= 0.6 is 0 Å². The molecule has 2 aromatic rings. The van der Waals surface area contributed by atoms with Gasteiger partial charge in [-0.15, -0.1) is 0 Å². The number of nitrogens with one attached hydrogen (secondary N) is 3. The van der Waals surface area contributed by atoms with Crippen LogP contribution < -0.4 is 38.3 Å². The van der Waals surface area contributed by atoms with Crippen molar-refractivity contribution in [3.63, 3.8) is 0 Å². The molecule has 3 rings (SSSR count). The van der Waals surface area contributed by atoms with Crippen molar-refractivity contribution in [1.29, 1.82) is 0 Å². The van der Waals surface area contributed by atoms with Gasteiger partial charge in [-0.3, -0.25) is 14.4 Å². The van der Waals surface area contributed by atoms with E-state index in [0.717, 1.165) is 107 Å². The molecule has 0 bridgehead atoms. The van der Waals surface area contributed by atoms with E-state index in [9.17, 15) is 24.0 Å². The molecule has 0 spiro atoms. The van der Waals surface area contributed by atoms with Gasteiger partial charge in [0, 0.05) is 54.1 Å². The van der Waals surface area contributed by atoms with E-state index in [1.807, 2.05) is 40.0 Å². The van der Waals surface area contributed by atoms with Crippen molar-refractivity contribution in [1.82, 2.24) is 15.6 Å². The summed E-state index contributed by atoms with van der Waals surface area (Å²) in [6, 6.07) is 6.62. The zero-order valence-electron chi connectivity index (χ0n) is 51.0. The Labute approximate surface area is 459 Å². The number of pyridine rings is 1. The van der Waals surface area contributed by atoms with E-state index in [1.165, 1.54) is 51.4 Å². The minimum absolute atomic E-state index is 0.0573. The van der Waals surface area contributed by atoms with Crippen LogP contribution in [0.25, 0.3) is 16.5 Å². The number of ketones is 3. The predicted octanol–water partition coefficient (Wildman–Crippen LogP) is 15.7. The van der Waals surface area contributed by atoms with Crippen LogP contribution in [0.4, 0.5) is 0 Å². The highest BCUT2D eigenvalue weighted by Gasteiger charge is 2.20. The number of aromatic amines is 1. The van der Waals surface area contributed by atoms with Crippen molar-refractivity contribution in [2.75, 3.05) is 6.67 Å². The molecule has 1 fully saturated rings. The minimum Gasteiger partial charge on any atom is -0.411 e. The SMILES string of the molecule is CC.CC1CCCC1.CCC(C(N)=O)C(C)/C=C\CCCCC[C@@H](C(C)=O)C(C)CC.CCC/C=C(/N/C=C(\C)c1cc(=O)c2ccc(ON)cc2[nH]1)NCN.CCCC.CCCCC(C)=O.CCCCCC(C)=O. The summed E-state index contributed by atoms with van der Waals surface area (Å²) in [4.78, 5) is 63.8. The van der Waals surface area contributed by atoms with Crippen LogP contribution in [0.1, 0.15) is 258 Å². The molecule has 9 N–H and O–H groups in total. The van der Waals surface area contributed by atoms with Gasteiger partial charge in [-0.1, -0.05) is 179 Å². The second-order valence-corrected chi connectivity index (χ2v) is 19.9. The van der Waals surface area contributed by atoms with Crippen molar-refractivity contribution >= 4 is 39.7 Å². The average Bonchev–Trinajstić information content (AvgIpc) is 3.88. The molecule has 4 atom stereocenters. The second-order valence-electron chi connectivity index (χ2n) is 19.9. The molecule has 0 radical (unpaired) electrons. The third kappa shape index (κ3) is 43.3. The molecule has 1 aliphatic rings. The summed E-state index contributed by atoms with van der Waals surface area (Å²) >= 11 is 0. The highest BCUT2D eigenvalue weighted by atomic mass is 16.6. The van der Waals surface area contributed by atoms with Crippen molar-refractivity contribution in [3.8, 4) is 5.75 Å². The topological polar surface area (TPSA) is 212 Å². The number of aromatic nitrogens is 1. The number of benzene rings is 1. The van der Waals surface area contributed by atoms with Crippen molar-refractivity contribution in [2.45, 2.75) is 252 Å². The zero-order chi connectivity index (χ0) is 58.0. The summed E-state index contributed by atoms with van der Waals surface area (Å²) in [6.45, 7) is 32.7. The van der Waals surface area contributed by atoms with Gasteiger partial charge in [-0.05, 0) is 114 Å². The second kappa shape index (κ2) is 52.9. The Morgan fingerprint density at radius 2 is 1.36 bits per heavy atom. The number of nitrogens with two attached hydrogens (primary N) is 3. The molecule has 0 saturated heterocycles. The lowest BCUT2D eigenvalue weighted by molar-refractivity contribution is -0.123. The molecule has 1 aliphatic carbocycles. The number of carbonyl (C=O) groups excluding carboxylic acids is 4. The Balaban J connectivity index is -0.000000454. The van der Waals surface area contributed by atoms with Crippen LogP contribution in [0.3, 0.4) is 0 Å². The molecule has 12 nitrogen and oxygen atoms in total. The number of allylic oxidation sites excluding steroid dienone is 4. The lowest BCUT2D eigenvalue weighted by atomic mass is 9.84. The minimum atomic E-state index is -0.204. The van der Waals surface area contributed by atoms with E-state index < -0.39 is 0 Å². The van der Waals surface area contributed by atoms with Gasteiger partial charge in [-0.2, -0.15) is 5.90 Å². The molecule has 434 valence electrons. The highest BCUT2D eigenvalue weighted by molar-refractivity contribution is 5.82. The lowest BCUT2D eigenvalue weighted by Gasteiger charge is -2.19. The normalized spacial score (nSPS) is 13.6. The summed E-state index contributed by atoms with van der Waals surface area (Å²) in [5.74, 6) is 9.20. The molecule has 75 heavy (non-hydrogen) atoms. The molecule has 1 saturated carbocycles. The first-order valence-electron chi connectivity index (χ1n) is 29.3. The molecule has 3 unspecified atom stereocenters. The predicted molar refractivity (Wildman–Crippen MR) is 324 cm³/mol. The monoisotopic (exact) mass is 1050 g/mol. The zero-order valence-corrected chi connectivity index (χ0v) is 51.0. The number of primary amides is 1. The molecule has 0 aliphatic heterocycles. The fraction of sp³-hybridized carbons (Fsp3) is 0.698. The Morgan fingerprint density at radius 3 is 1.80 bits per heavy atom. The van der Waals surface area contributed by atoms with Gasteiger partial charge < -0.3 is 41.5 Å². The van der Waals surface area contributed by atoms with Gasteiger partial charge in [0.05, 0.1) is 18.0 Å². The van der Waals surface area contributed by atoms with Crippen LogP contribution in [0.15, 0.2) is 59.3 Å². The molecule has 1 heterocycles. The van der Waals surface area contributed by atoms with Gasteiger partial charge in [0.1, 0.15) is 23.1 Å². The summed E-state index contributed by atoms with van der Waals surface area (Å²) in [5, 5.41) is 6.83. The number of hydrogen-bond donors (Lipinski definition) is 6. The van der Waals surface area contributed by atoms with Crippen LogP contribution in [0.2, 0.25) is 0 Å². The van der Waals surface area contributed by atoms with E-state index in [0.29, 0.717) is 52.3 Å². The molecular formula is C63H116N6O6. The van der Waals surface area contributed by atoms with Crippen molar-refractivity contribution in [3.05, 3.63) is 70.4 Å². The van der Waals surface area contributed by atoms with Crippen LogP contribution in [-0.2, 0) is 19.2 Å². The third-order valence-electron chi connectivity index (χ3n) is 13.0. The first-order chi connectivity index (χ1) is 35.8. The summed E-state index contributed by atoms with van der Waals surface area (Å²) in [6.07, 6.45) is 33.3. The number of rotatable bonds is 29. The number of amides is 1. The Hall–Kier alpha value is -4.55.